The molecule has 1 aromatic carbocycles. The van der Waals surface area contributed by atoms with Crippen LogP contribution in [-0.4, -0.2) is 128 Å². The maximum absolute atomic E-state index is 13.5. The zero-order chi connectivity index (χ0) is 33.8. The van der Waals surface area contributed by atoms with Crippen LogP contribution >= 0.6 is 0 Å². The van der Waals surface area contributed by atoms with Gasteiger partial charge in [-0.2, -0.15) is 0 Å². The maximum atomic E-state index is 13.5. The summed E-state index contributed by atoms with van der Waals surface area (Å²) in [5.41, 5.74) is 11.4. The van der Waals surface area contributed by atoms with E-state index < -0.39 is 85.7 Å². The molecule has 18 nitrogen and oxygen atoms in total. The van der Waals surface area contributed by atoms with Crippen LogP contribution in [0, 0.1) is 0 Å². The Bertz CT molecular complexity index is 1280. The van der Waals surface area contributed by atoms with E-state index in [2.05, 4.69) is 25.9 Å². The van der Waals surface area contributed by atoms with Crippen molar-refractivity contribution < 1.29 is 54.2 Å². The highest BCUT2D eigenvalue weighted by molar-refractivity contribution is 5.98. The number of carbonyl (C=O) groups is 4. The molecule has 0 unspecified atom stereocenters. The molecule has 0 bridgehead atoms. The van der Waals surface area contributed by atoms with E-state index in [1.165, 1.54) is 36.8 Å². The number of amides is 4. The van der Waals surface area contributed by atoms with Gasteiger partial charge in [-0.3, -0.25) is 19.2 Å². The van der Waals surface area contributed by atoms with E-state index in [0.29, 0.717) is 25.1 Å². The Balaban J connectivity index is 1.72. The van der Waals surface area contributed by atoms with Crippen LogP contribution in [0.3, 0.4) is 0 Å². The first-order valence-electron chi connectivity index (χ1n) is 14.5. The summed E-state index contributed by atoms with van der Waals surface area (Å²) in [5, 5.41) is 56.4. The minimum absolute atomic E-state index is 0.0342. The average molecular weight is 652 g/mol. The predicted molar refractivity (Wildman–Crippen MR) is 157 cm³/mol. The third-order valence-electron chi connectivity index (χ3n) is 7.24. The number of nitrogens with two attached hydrogens (primary N) is 2. The van der Waals surface area contributed by atoms with Crippen molar-refractivity contribution in [3.8, 4) is 5.75 Å². The lowest BCUT2D eigenvalue weighted by Crippen LogP contribution is -2.60. The summed E-state index contributed by atoms with van der Waals surface area (Å²) in [7, 11) is 0. The molecule has 2 aromatic rings. The number of H-pyrrole nitrogens is 1. The lowest BCUT2D eigenvalue weighted by Gasteiger charge is -2.39. The van der Waals surface area contributed by atoms with E-state index in [1.54, 1.807) is 0 Å². The minimum atomic E-state index is -1.63. The molecule has 254 valence electrons. The summed E-state index contributed by atoms with van der Waals surface area (Å²) >= 11 is 0. The van der Waals surface area contributed by atoms with E-state index in [9.17, 15) is 44.7 Å². The standard InChI is InChI=1S/C28H41N7O11/c29-8-2-1-3-17(26(43)35-19(11-36)24(30)41)33-27(44)18(9-15-10-31-13-32-15)34-25(42)14-4-6-16(7-5-14)45-28-23(40)22(39)21(38)20(12-37)46-28/h4-7,10,13,17-23,28,36-40H,1-3,8-9,11-12,29H2,(H2,30,41)(H,31,32)(H,33,44)(H,34,42)(H,35,43)/t17-,18-,19-,20+,21-,22-,23+,28+/m0/s1. The number of unbranched alkanes of at least 4 members (excludes halogenated alkanes) is 1. The van der Waals surface area contributed by atoms with Crippen molar-refractivity contribution in [1.82, 2.24) is 25.9 Å². The van der Waals surface area contributed by atoms with Gasteiger partial charge in [0.2, 0.25) is 24.0 Å². The van der Waals surface area contributed by atoms with Crippen molar-refractivity contribution in [3.63, 3.8) is 0 Å². The predicted octanol–water partition coefficient (Wildman–Crippen LogP) is -4.49. The van der Waals surface area contributed by atoms with Crippen LogP contribution in [0.5, 0.6) is 5.75 Å². The second kappa shape index (κ2) is 17.5. The maximum Gasteiger partial charge on any atom is 0.251 e. The number of rotatable bonds is 17. The van der Waals surface area contributed by atoms with Gasteiger partial charge in [-0.15, -0.1) is 0 Å². The fraction of sp³-hybridized carbons (Fsp3) is 0.536. The zero-order valence-corrected chi connectivity index (χ0v) is 24.8. The first-order valence-corrected chi connectivity index (χ1v) is 14.5. The van der Waals surface area contributed by atoms with Crippen molar-refractivity contribution in [3.05, 3.63) is 48.0 Å². The molecule has 1 aliphatic heterocycles. The molecule has 2 heterocycles. The number of aromatic nitrogens is 2. The Labute approximate surface area is 263 Å². The third-order valence-corrected chi connectivity index (χ3v) is 7.24. The number of hydrogen-bond acceptors (Lipinski definition) is 13. The molecule has 0 saturated carbocycles. The molecule has 0 spiro atoms. The summed E-state index contributed by atoms with van der Waals surface area (Å²) in [5.74, 6) is -2.99. The van der Waals surface area contributed by atoms with Gasteiger partial charge in [0.25, 0.3) is 5.91 Å². The highest BCUT2D eigenvalue weighted by Gasteiger charge is 2.44. The molecular weight excluding hydrogens is 610 g/mol. The normalized spacial score (nSPS) is 23.0. The monoisotopic (exact) mass is 651 g/mol. The molecule has 8 atom stereocenters. The Morgan fingerprint density at radius 2 is 1.61 bits per heavy atom. The van der Waals surface area contributed by atoms with Crippen LogP contribution in [0.4, 0.5) is 0 Å². The average Bonchev–Trinajstić information content (AvgIpc) is 3.56. The van der Waals surface area contributed by atoms with Gasteiger partial charge in [0, 0.05) is 23.9 Å². The topological polar surface area (TPSA) is 305 Å². The van der Waals surface area contributed by atoms with Gasteiger partial charge in [0.05, 0.1) is 19.5 Å². The third kappa shape index (κ3) is 9.91. The van der Waals surface area contributed by atoms with Crippen LogP contribution in [-0.2, 0) is 25.5 Å². The Kier molecular flexibility index (Phi) is 13.8. The van der Waals surface area contributed by atoms with Crippen molar-refractivity contribution in [2.24, 2.45) is 11.5 Å². The molecule has 1 fully saturated rings. The smallest absolute Gasteiger partial charge is 0.251 e. The molecule has 3 rings (SSSR count). The van der Waals surface area contributed by atoms with Crippen molar-refractivity contribution in [2.45, 2.75) is 74.5 Å². The number of aliphatic hydroxyl groups excluding tert-OH is 5. The van der Waals surface area contributed by atoms with Crippen LogP contribution in [0.1, 0.15) is 35.3 Å². The second-order valence-corrected chi connectivity index (χ2v) is 10.6. The molecule has 1 aromatic heterocycles. The molecular formula is C28H41N7O11. The first-order chi connectivity index (χ1) is 22.0. The fourth-order valence-electron chi connectivity index (χ4n) is 4.56. The largest absolute Gasteiger partial charge is 0.462 e. The van der Waals surface area contributed by atoms with Gasteiger partial charge >= 0.3 is 0 Å². The van der Waals surface area contributed by atoms with E-state index >= 15 is 0 Å². The van der Waals surface area contributed by atoms with Gasteiger partial charge in [-0.25, -0.2) is 4.98 Å². The quantitative estimate of drug-likeness (QED) is 0.0720. The summed E-state index contributed by atoms with van der Waals surface area (Å²) in [6.45, 7) is -1.03. The molecule has 0 aliphatic carbocycles. The van der Waals surface area contributed by atoms with Gasteiger partial charge < -0.3 is 67.4 Å². The van der Waals surface area contributed by atoms with E-state index in [4.69, 9.17) is 20.9 Å². The number of primary amides is 1. The molecule has 0 radical (unpaired) electrons. The van der Waals surface area contributed by atoms with E-state index in [-0.39, 0.29) is 24.2 Å². The Morgan fingerprint density at radius 3 is 2.20 bits per heavy atom. The summed E-state index contributed by atoms with van der Waals surface area (Å²) in [6, 6.07) is 1.75. The van der Waals surface area contributed by atoms with Gasteiger partial charge in [-0.05, 0) is 50.1 Å². The van der Waals surface area contributed by atoms with Crippen molar-refractivity contribution in [1.29, 1.82) is 0 Å². The van der Waals surface area contributed by atoms with Crippen LogP contribution in [0.15, 0.2) is 36.8 Å². The first kappa shape index (κ1) is 36.3. The number of imidazole rings is 1. The molecule has 46 heavy (non-hydrogen) atoms. The van der Waals surface area contributed by atoms with Crippen molar-refractivity contribution >= 4 is 23.6 Å². The molecule has 1 aliphatic rings. The van der Waals surface area contributed by atoms with Crippen LogP contribution < -0.4 is 32.2 Å². The fourth-order valence-corrected chi connectivity index (χ4v) is 4.56. The summed E-state index contributed by atoms with van der Waals surface area (Å²) in [4.78, 5) is 57.9. The number of nitrogens with zero attached hydrogens (tertiary/aromatic N) is 1. The van der Waals surface area contributed by atoms with Crippen LogP contribution in [0.2, 0.25) is 0 Å². The van der Waals surface area contributed by atoms with Gasteiger partial charge in [0.1, 0.15) is 48.3 Å². The lowest BCUT2D eigenvalue weighted by molar-refractivity contribution is -0.277. The summed E-state index contributed by atoms with van der Waals surface area (Å²) in [6.07, 6.45) is -3.46. The molecule has 13 N–H and O–H groups in total. The molecule has 4 amide bonds. The molecule has 1 saturated heterocycles. The highest BCUT2D eigenvalue weighted by atomic mass is 16.7. The highest BCUT2D eigenvalue weighted by Crippen LogP contribution is 2.24. The number of aromatic amines is 1. The molecule has 18 heteroatoms. The summed E-state index contributed by atoms with van der Waals surface area (Å²) < 4.78 is 10.9. The Morgan fingerprint density at radius 1 is 0.935 bits per heavy atom. The van der Waals surface area contributed by atoms with E-state index in [1.807, 2.05) is 0 Å². The number of hydrogen-bond donors (Lipinski definition) is 11. The number of ether oxygens (including phenoxy) is 2. The Hall–Kier alpha value is -4.17. The second-order valence-electron chi connectivity index (χ2n) is 10.6. The van der Waals surface area contributed by atoms with E-state index in [0.717, 1.165) is 0 Å². The van der Waals surface area contributed by atoms with Crippen LogP contribution in [0.25, 0.3) is 0 Å². The van der Waals surface area contributed by atoms with Gasteiger partial charge in [0.15, 0.2) is 0 Å². The van der Waals surface area contributed by atoms with Crippen molar-refractivity contribution in [2.75, 3.05) is 19.8 Å². The number of benzene rings is 1. The minimum Gasteiger partial charge on any atom is -0.462 e. The number of carbonyl (C=O) groups excluding carboxylic acids is 4. The number of aliphatic hydroxyl groups is 5. The number of nitrogens with one attached hydrogen (secondary N) is 4. The van der Waals surface area contributed by atoms with Gasteiger partial charge in [-0.1, -0.05) is 0 Å². The lowest BCUT2D eigenvalue weighted by atomic mass is 9.99. The SMILES string of the molecule is NCCCC[C@H](NC(=O)[C@H](Cc1cnc[nH]1)NC(=O)c1ccc(O[C@@H]2O[C@H](CO)[C@H](O)[C@H](O)[C@H]2O)cc1)C(=O)N[C@@H](CO)C(N)=O. The zero-order valence-electron chi connectivity index (χ0n) is 24.8.